The van der Waals surface area contributed by atoms with Gasteiger partial charge >= 0.3 is 0 Å². The monoisotopic (exact) mass is 405 g/mol. The first-order chi connectivity index (χ1) is 13.1. The molecule has 8 heteroatoms. The summed E-state index contributed by atoms with van der Waals surface area (Å²) < 4.78 is 0. The molecule has 0 bridgehead atoms. The maximum absolute atomic E-state index is 13.2. The number of benzene rings is 2. The van der Waals surface area contributed by atoms with E-state index < -0.39 is 0 Å². The number of hydrogen-bond donors (Lipinski definition) is 2. The van der Waals surface area contributed by atoms with Gasteiger partial charge in [-0.1, -0.05) is 24.3 Å². The first-order valence-electron chi connectivity index (χ1n) is 8.81. The number of para-hydroxylation sites is 3. The molecule has 7 nitrogen and oxygen atoms in total. The number of fused-ring (bicyclic) bond motifs is 2. The van der Waals surface area contributed by atoms with Crippen LogP contribution < -0.4 is 9.80 Å². The molecule has 2 aromatic rings. The number of nitrogens with zero attached hydrogens (tertiary/aromatic N) is 3. The van der Waals surface area contributed by atoms with Gasteiger partial charge in [0, 0.05) is 20.1 Å². The minimum absolute atomic E-state index is 0. The van der Waals surface area contributed by atoms with Gasteiger partial charge in [0.1, 0.15) is 0 Å². The predicted octanol–water partition coefficient (Wildman–Crippen LogP) is 1.65. The molecule has 28 heavy (non-hydrogen) atoms. The van der Waals surface area contributed by atoms with E-state index in [-0.39, 0.29) is 57.1 Å². The molecular formula is C20H24ClN3O4. The Kier molecular flexibility index (Phi) is 7.53. The van der Waals surface area contributed by atoms with Gasteiger partial charge in [0.2, 0.25) is 5.91 Å². The second kappa shape index (κ2) is 9.66. The normalized spacial score (nSPS) is 12.9. The van der Waals surface area contributed by atoms with Crippen molar-refractivity contribution in [1.82, 2.24) is 4.90 Å². The van der Waals surface area contributed by atoms with Crippen LogP contribution in [0.5, 0.6) is 0 Å². The second-order valence-corrected chi connectivity index (χ2v) is 6.32. The molecule has 150 valence electrons. The Bertz CT molecular complexity index is 840. The number of carbonyl (C=O) groups is 2. The molecule has 0 atom stereocenters. The summed E-state index contributed by atoms with van der Waals surface area (Å²) in [4.78, 5) is 30.9. The Morgan fingerprint density at radius 1 is 0.929 bits per heavy atom. The maximum Gasteiger partial charge on any atom is 0.260 e. The Labute approximate surface area is 170 Å². The van der Waals surface area contributed by atoms with Crippen molar-refractivity contribution >= 4 is 41.3 Å². The summed E-state index contributed by atoms with van der Waals surface area (Å²) in [6, 6.07) is 14.3. The highest BCUT2D eigenvalue weighted by Crippen LogP contribution is 2.40. The summed E-state index contributed by atoms with van der Waals surface area (Å²) in [5, 5.41) is 18.4. The van der Waals surface area contributed by atoms with E-state index in [0.29, 0.717) is 22.6 Å². The average molecular weight is 406 g/mol. The minimum Gasteiger partial charge on any atom is -0.395 e. The van der Waals surface area contributed by atoms with E-state index in [2.05, 4.69) is 0 Å². The van der Waals surface area contributed by atoms with Crippen LogP contribution in [0.15, 0.2) is 48.5 Å². The van der Waals surface area contributed by atoms with Crippen molar-refractivity contribution in [2.45, 2.75) is 0 Å². The van der Waals surface area contributed by atoms with E-state index in [0.717, 1.165) is 0 Å². The Morgan fingerprint density at radius 3 is 2.07 bits per heavy atom. The molecule has 0 fully saturated rings. The lowest BCUT2D eigenvalue weighted by molar-refractivity contribution is -0.119. The SMILES string of the molecule is CN1C(=O)c2ccccc2N(C(=O)CN(CCO)CCO)c2ccccc21.Cl. The molecule has 2 amide bonds. The molecule has 2 aromatic carbocycles. The average Bonchev–Trinajstić information content (AvgIpc) is 2.77. The molecular weight excluding hydrogens is 382 g/mol. The molecule has 0 spiro atoms. The molecule has 0 aliphatic carbocycles. The molecule has 2 N–H and O–H groups in total. The van der Waals surface area contributed by atoms with Crippen LogP contribution in [0.3, 0.4) is 0 Å². The fourth-order valence-corrected chi connectivity index (χ4v) is 3.29. The number of hydrogen-bond acceptors (Lipinski definition) is 5. The van der Waals surface area contributed by atoms with Crippen LogP contribution in [0.2, 0.25) is 0 Å². The quantitative estimate of drug-likeness (QED) is 0.763. The van der Waals surface area contributed by atoms with Crippen molar-refractivity contribution < 1.29 is 19.8 Å². The highest BCUT2D eigenvalue weighted by atomic mass is 35.5. The number of rotatable bonds is 6. The zero-order chi connectivity index (χ0) is 19.4. The molecule has 0 saturated heterocycles. The second-order valence-electron chi connectivity index (χ2n) is 6.32. The van der Waals surface area contributed by atoms with Crippen LogP contribution in [0.1, 0.15) is 10.4 Å². The summed E-state index contributed by atoms with van der Waals surface area (Å²) in [7, 11) is 1.69. The number of carbonyl (C=O) groups excluding carboxylic acids is 2. The smallest absolute Gasteiger partial charge is 0.260 e. The fourth-order valence-electron chi connectivity index (χ4n) is 3.29. The lowest BCUT2D eigenvalue weighted by Crippen LogP contribution is -2.40. The van der Waals surface area contributed by atoms with E-state index in [1.807, 2.05) is 18.2 Å². The summed E-state index contributed by atoms with van der Waals surface area (Å²) in [5.74, 6) is -0.421. The summed E-state index contributed by atoms with van der Waals surface area (Å²) >= 11 is 0. The molecule has 1 aliphatic heterocycles. The zero-order valence-electron chi connectivity index (χ0n) is 15.6. The van der Waals surface area contributed by atoms with Gasteiger partial charge in [-0.05, 0) is 24.3 Å². The van der Waals surface area contributed by atoms with Gasteiger partial charge in [-0.2, -0.15) is 0 Å². The highest BCUT2D eigenvalue weighted by Gasteiger charge is 2.32. The maximum atomic E-state index is 13.2. The molecule has 0 unspecified atom stereocenters. The Morgan fingerprint density at radius 2 is 1.46 bits per heavy atom. The fraction of sp³-hybridized carbons (Fsp3) is 0.300. The topological polar surface area (TPSA) is 84.3 Å². The van der Waals surface area contributed by atoms with Crippen LogP contribution >= 0.6 is 12.4 Å². The van der Waals surface area contributed by atoms with Gasteiger partial charge in [0.05, 0.1) is 42.4 Å². The van der Waals surface area contributed by atoms with Crippen molar-refractivity contribution in [3.05, 3.63) is 54.1 Å². The molecule has 1 heterocycles. The molecule has 1 aliphatic rings. The molecule has 0 radical (unpaired) electrons. The van der Waals surface area contributed by atoms with Crippen molar-refractivity contribution in [2.75, 3.05) is 49.7 Å². The molecule has 0 saturated carbocycles. The third-order valence-corrected chi connectivity index (χ3v) is 4.60. The summed E-state index contributed by atoms with van der Waals surface area (Å²) in [6.07, 6.45) is 0. The van der Waals surface area contributed by atoms with E-state index in [1.165, 1.54) is 0 Å². The van der Waals surface area contributed by atoms with Crippen LogP contribution in [-0.4, -0.2) is 66.8 Å². The summed E-state index contributed by atoms with van der Waals surface area (Å²) in [5.41, 5.74) is 2.23. The first-order valence-corrected chi connectivity index (χ1v) is 8.81. The van der Waals surface area contributed by atoms with E-state index in [4.69, 9.17) is 0 Å². The van der Waals surface area contributed by atoms with E-state index in [9.17, 15) is 19.8 Å². The van der Waals surface area contributed by atoms with Crippen LogP contribution in [0, 0.1) is 0 Å². The lowest BCUT2D eigenvalue weighted by atomic mass is 10.1. The largest absolute Gasteiger partial charge is 0.395 e. The predicted molar refractivity (Wildman–Crippen MR) is 111 cm³/mol. The van der Waals surface area contributed by atoms with Gasteiger partial charge in [0.15, 0.2) is 0 Å². The highest BCUT2D eigenvalue weighted by molar-refractivity contribution is 6.18. The first kappa shape index (κ1) is 21.8. The Balaban J connectivity index is 0.00000280. The molecule has 0 aromatic heterocycles. The van der Waals surface area contributed by atoms with E-state index >= 15 is 0 Å². The summed E-state index contributed by atoms with van der Waals surface area (Å²) in [6.45, 7) is 0.357. The number of amides is 2. The van der Waals surface area contributed by atoms with Crippen molar-refractivity contribution in [2.24, 2.45) is 0 Å². The lowest BCUT2D eigenvalue weighted by Gasteiger charge is -2.28. The van der Waals surface area contributed by atoms with Crippen LogP contribution in [0.25, 0.3) is 0 Å². The van der Waals surface area contributed by atoms with Crippen molar-refractivity contribution in [3.8, 4) is 0 Å². The minimum atomic E-state index is -0.236. The Hall–Kier alpha value is -2.45. The van der Waals surface area contributed by atoms with Gasteiger partial charge < -0.3 is 15.1 Å². The third kappa shape index (κ3) is 4.18. The zero-order valence-corrected chi connectivity index (χ0v) is 16.4. The third-order valence-electron chi connectivity index (χ3n) is 4.60. The van der Waals surface area contributed by atoms with Gasteiger partial charge in [-0.15, -0.1) is 12.4 Å². The standard InChI is InChI=1S/C20H23N3O4.ClH/c1-21-17-8-4-5-9-18(17)23(16-7-3-2-6-15(16)20(21)27)19(26)14-22(10-12-24)11-13-25;/h2-9,24-25H,10-14H2,1H3;1H. The number of aliphatic hydroxyl groups excluding tert-OH is 2. The van der Waals surface area contributed by atoms with Gasteiger partial charge in [-0.3, -0.25) is 19.4 Å². The number of anilines is 3. The molecule has 3 rings (SSSR count). The number of halogens is 1. The van der Waals surface area contributed by atoms with Gasteiger partial charge in [0.25, 0.3) is 5.91 Å². The van der Waals surface area contributed by atoms with Gasteiger partial charge in [-0.25, -0.2) is 0 Å². The van der Waals surface area contributed by atoms with Crippen LogP contribution in [-0.2, 0) is 4.79 Å². The van der Waals surface area contributed by atoms with Crippen molar-refractivity contribution in [3.63, 3.8) is 0 Å². The number of aliphatic hydroxyl groups is 2. The van der Waals surface area contributed by atoms with Crippen LogP contribution in [0.4, 0.5) is 17.1 Å². The van der Waals surface area contributed by atoms with Crippen molar-refractivity contribution in [1.29, 1.82) is 0 Å². The van der Waals surface area contributed by atoms with E-state index in [1.54, 1.807) is 52.1 Å².